The van der Waals surface area contributed by atoms with Crippen molar-refractivity contribution < 1.29 is 13.2 Å². The number of halogens is 1. The number of hydrogen-bond acceptors (Lipinski definition) is 3. The van der Waals surface area contributed by atoms with Crippen LogP contribution in [-0.4, -0.2) is 15.0 Å². The first kappa shape index (κ1) is 13.7. The van der Waals surface area contributed by atoms with Gasteiger partial charge in [0, 0.05) is 10.7 Å². The monoisotopic (exact) mass is 288 g/mol. The Balaban J connectivity index is 2.14. The maximum absolute atomic E-state index is 11.4. The molecule has 0 atom stereocenters. The van der Waals surface area contributed by atoms with Crippen molar-refractivity contribution in [2.75, 3.05) is 6.61 Å². The predicted octanol–water partition coefficient (Wildman–Crippen LogP) is 3.41. The topological polar surface area (TPSA) is 43.4 Å². The first-order valence-electron chi connectivity index (χ1n) is 6.06. The van der Waals surface area contributed by atoms with E-state index in [1.807, 2.05) is 6.92 Å². The summed E-state index contributed by atoms with van der Waals surface area (Å²) in [6.07, 6.45) is 3.70. The van der Waals surface area contributed by atoms with Crippen LogP contribution in [0.1, 0.15) is 30.4 Å². The minimum atomic E-state index is -3.68. The van der Waals surface area contributed by atoms with Gasteiger partial charge in [-0.1, -0.05) is 12.8 Å². The number of aryl methyl sites for hydroxylation is 2. The summed E-state index contributed by atoms with van der Waals surface area (Å²) in [5, 5.41) is 0. The van der Waals surface area contributed by atoms with Gasteiger partial charge in [-0.05, 0) is 49.4 Å². The molecule has 0 aliphatic heterocycles. The van der Waals surface area contributed by atoms with Gasteiger partial charge >= 0.3 is 0 Å². The van der Waals surface area contributed by atoms with Crippen LogP contribution in [0.15, 0.2) is 17.0 Å². The average molecular weight is 289 g/mol. The van der Waals surface area contributed by atoms with E-state index in [-0.39, 0.29) is 4.90 Å². The molecule has 1 fully saturated rings. The number of benzene rings is 1. The van der Waals surface area contributed by atoms with Crippen molar-refractivity contribution in [1.29, 1.82) is 0 Å². The van der Waals surface area contributed by atoms with Gasteiger partial charge in [0.15, 0.2) is 0 Å². The van der Waals surface area contributed by atoms with Crippen LogP contribution < -0.4 is 4.74 Å². The van der Waals surface area contributed by atoms with Crippen molar-refractivity contribution in [2.45, 2.75) is 38.0 Å². The Bertz CT molecular complexity index is 548. The van der Waals surface area contributed by atoms with Crippen LogP contribution in [-0.2, 0) is 9.05 Å². The lowest BCUT2D eigenvalue weighted by molar-refractivity contribution is 0.300. The maximum atomic E-state index is 11.4. The Morgan fingerprint density at radius 1 is 1.28 bits per heavy atom. The second-order valence-electron chi connectivity index (χ2n) is 4.90. The molecule has 0 heterocycles. The summed E-state index contributed by atoms with van der Waals surface area (Å²) in [6, 6.07) is 3.32. The highest BCUT2D eigenvalue weighted by atomic mass is 35.7. The van der Waals surface area contributed by atoms with Crippen LogP contribution >= 0.6 is 10.7 Å². The second-order valence-corrected chi connectivity index (χ2v) is 7.44. The summed E-state index contributed by atoms with van der Waals surface area (Å²) in [5.74, 6) is 1.58. The lowest BCUT2D eigenvalue weighted by Gasteiger charge is -2.12. The highest BCUT2D eigenvalue weighted by Gasteiger charge is 2.21. The molecule has 0 spiro atoms. The Labute approximate surface area is 113 Å². The molecule has 0 N–H and O–H groups in total. The van der Waals surface area contributed by atoms with Crippen LogP contribution in [0.3, 0.4) is 0 Å². The molecule has 2 rings (SSSR count). The van der Waals surface area contributed by atoms with Crippen LogP contribution in [0.25, 0.3) is 0 Å². The predicted molar refractivity (Wildman–Crippen MR) is 71.8 cm³/mol. The fraction of sp³-hybridized carbons (Fsp3) is 0.538. The van der Waals surface area contributed by atoms with E-state index in [2.05, 4.69) is 0 Å². The molecule has 18 heavy (non-hydrogen) atoms. The lowest BCUT2D eigenvalue weighted by atomic mass is 10.1. The van der Waals surface area contributed by atoms with E-state index in [1.54, 1.807) is 19.1 Å². The molecule has 0 aromatic heterocycles. The normalized spacial score (nSPS) is 15.7. The molecule has 1 aliphatic rings. The van der Waals surface area contributed by atoms with Gasteiger partial charge in [-0.25, -0.2) is 8.42 Å². The molecule has 1 aromatic rings. The number of hydrogen-bond donors (Lipinski definition) is 0. The molecule has 0 unspecified atom stereocenters. The second kappa shape index (κ2) is 5.10. The van der Waals surface area contributed by atoms with Gasteiger partial charge in [-0.3, -0.25) is 0 Å². The van der Waals surface area contributed by atoms with Crippen LogP contribution in [0.4, 0.5) is 0 Å². The van der Waals surface area contributed by atoms with Crippen LogP contribution in [0.5, 0.6) is 5.75 Å². The van der Waals surface area contributed by atoms with E-state index in [4.69, 9.17) is 15.4 Å². The maximum Gasteiger partial charge on any atom is 0.261 e. The van der Waals surface area contributed by atoms with Crippen molar-refractivity contribution in [3.8, 4) is 5.75 Å². The van der Waals surface area contributed by atoms with E-state index >= 15 is 0 Å². The smallest absolute Gasteiger partial charge is 0.261 e. The highest BCUT2D eigenvalue weighted by molar-refractivity contribution is 8.13. The van der Waals surface area contributed by atoms with Crippen LogP contribution in [0.2, 0.25) is 0 Å². The molecular weight excluding hydrogens is 272 g/mol. The third kappa shape index (κ3) is 3.39. The molecule has 100 valence electrons. The molecule has 3 nitrogen and oxygen atoms in total. The van der Waals surface area contributed by atoms with Crippen LogP contribution in [0, 0.1) is 19.8 Å². The molecule has 0 saturated heterocycles. The molecule has 1 aliphatic carbocycles. The molecule has 5 heteroatoms. The fourth-order valence-corrected chi connectivity index (χ4v) is 3.18. The third-order valence-corrected chi connectivity index (χ3v) is 4.68. The summed E-state index contributed by atoms with van der Waals surface area (Å²) in [5.41, 5.74) is 1.42. The Hall–Kier alpha value is -0.740. The van der Waals surface area contributed by atoms with E-state index in [1.165, 1.54) is 12.8 Å². The van der Waals surface area contributed by atoms with Gasteiger partial charge in [-0.2, -0.15) is 0 Å². The molecule has 0 amide bonds. The lowest BCUT2D eigenvalue weighted by Crippen LogP contribution is -2.02. The highest BCUT2D eigenvalue weighted by Crippen LogP contribution is 2.33. The van der Waals surface area contributed by atoms with Crippen molar-refractivity contribution >= 4 is 19.7 Å². The Morgan fingerprint density at radius 2 is 1.94 bits per heavy atom. The van der Waals surface area contributed by atoms with Gasteiger partial charge in [0.05, 0.1) is 11.5 Å². The van der Waals surface area contributed by atoms with Crippen molar-refractivity contribution in [1.82, 2.24) is 0 Å². The summed E-state index contributed by atoms with van der Waals surface area (Å²) >= 11 is 0. The number of ether oxygens (including phenoxy) is 1. The zero-order valence-corrected chi connectivity index (χ0v) is 12.1. The van der Waals surface area contributed by atoms with Gasteiger partial charge in [0.25, 0.3) is 9.05 Å². The molecule has 1 saturated carbocycles. The minimum Gasteiger partial charge on any atom is -0.493 e. The first-order valence-corrected chi connectivity index (χ1v) is 8.37. The van der Waals surface area contributed by atoms with Gasteiger partial charge in [0.1, 0.15) is 5.75 Å². The van der Waals surface area contributed by atoms with E-state index in [9.17, 15) is 8.42 Å². The van der Waals surface area contributed by atoms with E-state index in [0.717, 1.165) is 23.7 Å². The minimum absolute atomic E-state index is 0.163. The molecular formula is C13H17ClO3S. The zero-order valence-electron chi connectivity index (χ0n) is 10.6. The van der Waals surface area contributed by atoms with Crippen molar-refractivity contribution in [3.63, 3.8) is 0 Å². The van der Waals surface area contributed by atoms with Gasteiger partial charge < -0.3 is 4.74 Å². The fourth-order valence-electron chi connectivity index (χ4n) is 1.92. The Morgan fingerprint density at radius 3 is 2.50 bits per heavy atom. The summed E-state index contributed by atoms with van der Waals surface area (Å²) in [7, 11) is 1.69. The van der Waals surface area contributed by atoms with E-state index in [0.29, 0.717) is 12.2 Å². The largest absolute Gasteiger partial charge is 0.493 e. The SMILES string of the molecule is Cc1cc(S(=O)(=O)Cl)c(C)cc1OCCC1CC1. The summed E-state index contributed by atoms with van der Waals surface area (Å²) in [6.45, 7) is 4.25. The van der Waals surface area contributed by atoms with E-state index < -0.39 is 9.05 Å². The zero-order chi connectivity index (χ0) is 13.3. The van der Waals surface area contributed by atoms with Crippen molar-refractivity contribution in [3.05, 3.63) is 23.3 Å². The standard InChI is InChI=1S/C13H17ClO3S/c1-9-8-13(18(14,15)16)10(2)7-12(9)17-6-5-11-3-4-11/h7-8,11H,3-6H2,1-2H3. The average Bonchev–Trinajstić information content (AvgIpc) is 3.05. The summed E-state index contributed by atoms with van der Waals surface area (Å²) in [4.78, 5) is 0.163. The van der Waals surface area contributed by atoms with Crippen molar-refractivity contribution in [2.24, 2.45) is 5.92 Å². The van der Waals surface area contributed by atoms with Gasteiger partial charge in [0.2, 0.25) is 0 Å². The first-order chi connectivity index (χ1) is 8.38. The third-order valence-electron chi connectivity index (χ3n) is 3.22. The quantitative estimate of drug-likeness (QED) is 0.780. The van der Waals surface area contributed by atoms with Gasteiger partial charge in [-0.15, -0.1) is 0 Å². The molecule has 1 aromatic carbocycles. The molecule has 0 bridgehead atoms. The summed E-state index contributed by atoms with van der Waals surface area (Å²) < 4.78 is 28.4. The Kier molecular flexibility index (Phi) is 3.87. The number of rotatable bonds is 5. The molecule has 0 radical (unpaired) electrons.